The molecule has 17 heavy (non-hydrogen) atoms. The van der Waals surface area contributed by atoms with Gasteiger partial charge in [0, 0.05) is 12.7 Å². The van der Waals surface area contributed by atoms with Crippen LogP contribution < -0.4 is 10.6 Å². The van der Waals surface area contributed by atoms with Crippen molar-refractivity contribution >= 4 is 11.6 Å². The Morgan fingerprint density at radius 3 is 3.00 bits per heavy atom. The molecule has 1 atom stereocenters. The van der Waals surface area contributed by atoms with Crippen LogP contribution in [0.2, 0.25) is 0 Å². The van der Waals surface area contributed by atoms with E-state index in [2.05, 4.69) is 15.6 Å². The molecule has 0 aliphatic carbocycles. The molecule has 0 aromatic carbocycles. The molecule has 1 amide bonds. The fourth-order valence-electron chi connectivity index (χ4n) is 2.16. The molecule has 0 bridgehead atoms. The van der Waals surface area contributed by atoms with Crippen LogP contribution >= 0.6 is 0 Å². The van der Waals surface area contributed by atoms with Gasteiger partial charge in [0.05, 0.1) is 17.3 Å². The quantitative estimate of drug-likeness (QED) is 0.817. The summed E-state index contributed by atoms with van der Waals surface area (Å²) in [6.07, 6.45) is 5.45. The number of piperidine rings is 1. The first-order valence-electron chi connectivity index (χ1n) is 6.04. The third-order valence-electron chi connectivity index (χ3n) is 3.28. The highest BCUT2D eigenvalue weighted by molar-refractivity contribution is 5.95. The monoisotopic (exact) mass is 233 g/mol. The summed E-state index contributed by atoms with van der Waals surface area (Å²) in [6.45, 7) is 5.73. The van der Waals surface area contributed by atoms with E-state index >= 15 is 0 Å². The van der Waals surface area contributed by atoms with Gasteiger partial charge in [-0.25, -0.2) is 0 Å². The highest BCUT2D eigenvalue weighted by Gasteiger charge is 2.34. The van der Waals surface area contributed by atoms with E-state index in [4.69, 9.17) is 0 Å². The fraction of sp³-hybridized carbons (Fsp3) is 0.538. The van der Waals surface area contributed by atoms with Crippen molar-refractivity contribution in [2.75, 3.05) is 18.4 Å². The first-order chi connectivity index (χ1) is 8.10. The molecule has 1 aliphatic heterocycles. The molecule has 0 saturated carbocycles. The fourth-order valence-corrected chi connectivity index (χ4v) is 2.16. The molecule has 1 aromatic rings. The molecule has 0 spiro atoms. The van der Waals surface area contributed by atoms with E-state index in [1.54, 1.807) is 12.4 Å². The SMILES string of the molecule is Cc1cncc(NC(=O)C2(C)CCCNC2)c1. The van der Waals surface area contributed by atoms with Crippen molar-refractivity contribution in [1.29, 1.82) is 0 Å². The first kappa shape index (κ1) is 12.0. The maximum atomic E-state index is 12.2. The predicted octanol–water partition coefficient (Wildman–Crippen LogP) is 1.72. The van der Waals surface area contributed by atoms with Gasteiger partial charge in [0.15, 0.2) is 0 Å². The van der Waals surface area contributed by atoms with Crippen LogP contribution in [0.15, 0.2) is 18.5 Å². The van der Waals surface area contributed by atoms with Crippen LogP contribution in [-0.4, -0.2) is 24.0 Å². The molecular weight excluding hydrogens is 214 g/mol. The van der Waals surface area contributed by atoms with E-state index in [1.807, 2.05) is 19.9 Å². The Kier molecular flexibility index (Phi) is 3.43. The Morgan fingerprint density at radius 1 is 1.53 bits per heavy atom. The van der Waals surface area contributed by atoms with E-state index in [1.165, 1.54) is 0 Å². The van der Waals surface area contributed by atoms with Gasteiger partial charge in [0.1, 0.15) is 0 Å². The number of hydrogen-bond donors (Lipinski definition) is 2. The summed E-state index contributed by atoms with van der Waals surface area (Å²) in [5, 5.41) is 6.23. The van der Waals surface area contributed by atoms with Crippen LogP contribution in [0, 0.1) is 12.3 Å². The first-order valence-corrected chi connectivity index (χ1v) is 6.04. The number of nitrogens with zero attached hydrogens (tertiary/aromatic N) is 1. The summed E-state index contributed by atoms with van der Waals surface area (Å²) in [4.78, 5) is 16.3. The van der Waals surface area contributed by atoms with Gasteiger partial charge in [0.25, 0.3) is 0 Å². The summed E-state index contributed by atoms with van der Waals surface area (Å²) in [5.74, 6) is 0.0806. The number of carbonyl (C=O) groups is 1. The van der Waals surface area contributed by atoms with Crippen LogP contribution in [0.25, 0.3) is 0 Å². The summed E-state index contributed by atoms with van der Waals surface area (Å²) in [6, 6.07) is 1.94. The molecule has 2 N–H and O–H groups in total. The molecule has 4 heteroatoms. The summed E-state index contributed by atoms with van der Waals surface area (Å²) >= 11 is 0. The number of hydrogen-bond acceptors (Lipinski definition) is 3. The van der Waals surface area contributed by atoms with Crippen LogP contribution in [0.5, 0.6) is 0 Å². The number of carbonyl (C=O) groups excluding carboxylic acids is 1. The van der Waals surface area contributed by atoms with Crippen molar-refractivity contribution in [1.82, 2.24) is 10.3 Å². The Balaban J connectivity index is 2.05. The van der Waals surface area contributed by atoms with Crippen LogP contribution in [0.4, 0.5) is 5.69 Å². The zero-order chi connectivity index (χ0) is 12.3. The molecule has 1 fully saturated rings. The number of anilines is 1. The van der Waals surface area contributed by atoms with Gasteiger partial charge in [-0.15, -0.1) is 0 Å². The van der Waals surface area contributed by atoms with Gasteiger partial charge in [-0.3, -0.25) is 9.78 Å². The lowest BCUT2D eigenvalue weighted by Crippen LogP contribution is -2.46. The number of pyridine rings is 1. The van der Waals surface area contributed by atoms with Crippen molar-refractivity contribution in [2.45, 2.75) is 26.7 Å². The highest BCUT2D eigenvalue weighted by atomic mass is 16.2. The normalized spacial score (nSPS) is 24.4. The van der Waals surface area contributed by atoms with Gasteiger partial charge in [-0.05, 0) is 44.9 Å². The minimum atomic E-state index is -0.304. The van der Waals surface area contributed by atoms with Gasteiger partial charge in [-0.1, -0.05) is 0 Å². The number of nitrogens with one attached hydrogen (secondary N) is 2. The summed E-state index contributed by atoms with van der Waals surface area (Å²) in [5.41, 5.74) is 1.53. The van der Waals surface area contributed by atoms with E-state index in [-0.39, 0.29) is 11.3 Å². The minimum Gasteiger partial charge on any atom is -0.324 e. The van der Waals surface area contributed by atoms with Gasteiger partial charge in [0.2, 0.25) is 5.91 Å². The van der Waals surface area contributed by atoms with Crippen LogP contribution in [-0.2, 0) is 4.79 Å². The van der Waals surface area contributed by atoms with Crippen molar-refractivity contribution in [3.63, 3.8) is 0 Å². The standard InChI is InChI=1S/C13H19N3O/c1-10-6-11(8-15-7-10)16-12(17)13(2)4-3-5-14-9-13/h6-8,14H,3-5,9H2,1-2H3,(H,16,17). The molecular formula is C13H19N3O. The number of aromatic nitrogens is 1. The molecule has 0 radical (unpaired) electrons. The average molecular weight is 233 g/mol. The lowest BCUT2D eigenvalue weighted by molar-refractivity contribution is -0.125. The predicted molar refractivity (Wildman–Crippen MR) is 67.8 cm³/mol. The summed E-state index contributed by atoms with van der Waals surface area (Å²) < 4.78 is 0. The lowest BCUT2D eigenvalue weighted by Gasteiger charge is -2.32. The smallest absolute Gasteiger partial charge is 0.231 e. The third-order valence-corrected chi connectivity index (χ3v) is 3.28. The Labute approximate surface area is 102 Å². The second-order valence-corrected chi connectivity index (χ2v) is 5.05. The maximum absolute atomic E-state index is 12.2. The van der Waals surface area contributed by atoms with E-state index in [0.29, 0.717) is 0 Å². The molecule has 1 aromatic heterocycles. The number of amides is 1. The molecule has 2 heterocycles. The molecule has 2 rings (SSSR count). The molecule has 4 nitrogen and oxygen atoms in total. The van der Waals surface area contributed by atoms with Crippen molar-refractivity contribution < 1.29 is 4.79 Å². The summed E-state index contributed by atoms with van der Waals surface area (Å²) in [7, 11) is 0. The number of rotatable bonds is 2. The zero-order valence-corrected chi connectivity index (χ0v) is 10.4. The average Bonchev–Trinajstić information content (AvgIpc) is 2.30. The van der Waals surface area contributed by atoms with E-state index in [0.717, 1.165) is 37.2 Å². The van der Waals surface area contributed by atoms with Crippen LogP contribution in [0.1, 0.15) is 25.3 Å². The van der Waals surface area contributed by atoms with Crippen LogP contribution in [0.3, 0.4) is 0 Å². The van der Waals surface area contributed by atoms with Crippen molar-refractivity contribution in [3.05, 3.63) is 24.0 Å². The highest BCUT2D eigenvalue weighted by Crippen LogP contribution is 2.27. The maximum Gasteiger partial charge on any atom is 0.231 e. The molecule has 1 saturated heterocycles. The second kappa shape index (κ2) is 4.84. The zero-order valence-electron chi connectivity index (χ0n) is 10.4. The Hall–Kier alpha value is -1.42. The minimum absolute atomic E-state index is 0.0806. The van der Waals surface area contributed by atoms with Crippen molar-refractivity contribution in [2.24, 2.45) is 5.41 Å². The molecule has 92 valence electrons. The molecule has 1 aliphatic rings. The largest absolute Gasteiger partial charge is 0.324 e. The van der Waals surface area contributed by atoms with Gasteiger partial charge in [-0.2, -0.15) is 0 Å². The lowest BCUT2D eigenvalue weighted by atomic mass is 9.82. The van der Waals surface area contributed by atoms with E-state index in [9.17, 15) is 4.79 Å². The third kappa shape index (κ3) is 2.82. The van der Waals surface area contributed by atoms with Gasteiger partial charge >= 0.3 is 0 Å². The van der Waals surface area contributed by atoms with Crippen molar-refractivity contribution in [3.8, 4) is 0 Å². The Morgan fingerprint density at radius 2 is 2.35 bits per heavy atom. The van der Waals surface area contributed by atoms with E-state index < -0.39 is 0 Å². The van der Waals surface area contributed by atoms with Gasteiger partial charge < -0.3 is 10.6 Å². The molecule has 1 unspecified atom stereocenters. The second-order valence-electron chi connectivity index (χ2n) is 5.05. The Bertz CT molecular complexity index is 411. The number of aryl methyl sites for hydroxylation is 1. The topological polar surface area (TPSA) is 54.0 Å².